The number of hydrogen-bond donors (Lipinski definition) is 2. The number of benzene rings is 2. The standard InChI is InChI=1S/C23H24N2O4/c1-29-16-10-8-15(9-11-16)22-18(17-5-2-3-6-19(17)24-22)12-13-21(26)25-14-4-7-20(25)23(27)28/h2-3,5-6,8-11,20,24H,4,7,12-14H2,1H3,(H,27,28). The summed E-state index contributed by atoms with van der Waals surface area (Å²) in [6, 6.07) is 15.2. The molecule has 1 amide bonds. The Balaban J connectivity index is 1.62. The lowest BCUT2D eigenvalue weighted by Gasteiger charge is -2.21. The first-order valence-electron chi connectivity index (χ1n) is 9.85. The summed E-state index contributed by atoms with van der Waals surface area (Å²) in [5.41, 5.74) is 4.10. The van der Waals surface area contributed by atoms with Crippen LogP contribution in [0.2, 0.25) is 0 Å². The van der Waals surface area contributed by atoms with Crippen LogP contribution in [0.25, 0.3) is 22.2 Å². The Labute approximate surface area is 169 Å². The fourth-order valence-electron chi connectivity index (χ4n) is 4.16. The third-order valence-electron chi connectivity index (χ3n) is 5.64. The van der Waals surface area contributed by atoms with Crippen LogP contribution in [-0.2, 0) is 16.0 Å². The minimum atomic E-state index is -0.915. The van der Waals surface area contributed by atoms with E-state index < -0.39 is 12.0 Å². The highest BCUT2D eigenvalue weighted by atomic mass is 16.5. The number of carbonyl (C=O) groups excluding carboxylic acids is 1. The van der Waals surface area contributed by atoms with Crippen LogP contribution in [0.5, 0.6) is 5.75 Å². The van der Waals surface area contributed by atoms with Gasteiger partial charge in [-0.15, -0.1) is 0 Å². The van der Waals surface area contributed by atoms with Crippen molar-refractivity contribution < 1.29 is 19.4 Å². The number of nitrogens with one attached hydrogen (secondary N) is 1. The number of rotatable bonds is 6. The van der Waals surface area contributed by atoms with E-state index in [1.54, 1.807) is 7.11 Å². The maximum absolute atomic E-state index is 12.8. The van der Waals surface area contributed by atoms with E-state index in [1.165, 1.54) is 4.90 Å². The number of methoxy groups -OCH3 is 1. The summed E-state index contributed by atoms with van der Waals surface area (Å²) in [6.45, 7) is 0.523. The molecular weight excluding hydrogens is 368 g/mol. The first-order chi connectivity index (χ1) is 14.1. The molecule has 6 nitrogen and oxygen atoms in total. The zero-order valence-electron chi connectivity index (χ0n) is 16.4. The maximum atomic E-state index is 12.8. The topological polar surface area (TPSA) is 82.6 Å². The number of carboxylic acid groups (broad SMARTS) is 1. The Morgan fingerprint density at radius 3 is 2.66 bits per heavy atom. The normalized spacial score (nSPS) is 16.3. The number of aryl methyl sites for hydroxylation is 1. The predicted molar refractivity (Wildman–Crippen MR) is 111 cm³/mol. The van der Waals surface area contributed by atoms with Crippen LogP contribution in [0.15, 0.2) is 48.5 Å². The summed E-state index contributed by atoms with van der Waals surface area (Å²) >= 11 is 0. The molecule has 1 aromatic heterocycles. The van der Waals surface area contributed by atoms with Crippen molar-refractivity contribution in [3.63, 3.8) is 0 Å². The van der Waals surface area contributed by atoms with Crippen LogP contribution in [0, 0.1) is 0 Å². The number of fused-ring (bicyclic) bond motifs is 1. The molecule has 1 aliphatic heterocycles. The molecule has 1 saturated heterocycles. The van der Waals surface area contributed by atoms with Gasteiger partial charge in [-0.1, -0.05) is 18.2 Å². The number of nitrogens with zero attached hydrogens (tertiary/aromatic N) is 1. The quantitative estimate of drug-likeness (QED) is 0.667. The molecule has 0 bridgehead atoms. The predicted octanol–water partition coefficient (Wildman–Crippen LogP) is 3.85. The van der Waals surface area contributed by atoms with Crippen molar-refractivity contribution in [2.45, 2.75) is 31.7 Å². The minimum Gasteiger partial charge on any atom is -0.497 e. The first kappa shape index (κ1) is 19.1. The molecule has 1 aliphatic rings. The van der Waals surface area contributed by atoms with E-state index in [0.717, 1.165) is 39.9 Å². The molecule has 150 valence electrons. The van der Waals surface area contributed by atoms with Gasteiger partial charge in [0.05, 0.1) is 7.11 Å². The molecule has 1 atom stereocenters. The van der Waals surface area contributed by atoms with E-state index in [9.17, 15) is 14.7 Å². The third kappa shape index (κ3) is 3.70. The second-order valence-corrected chi connectivity index (χ2v) is 7.34. The van der Waals surface area contributed by atoms with Gasteiger partial charge in [0.15, 0.2) is 0 Å². The molecule has 0 aliphatic carbocycles. The number of likely N-dealkylation sites (tertiary alicyclic amines) is 1. The fraction of sp³-hybridized carbons (Fsp3) is 0.304. The molecule has 4 rings (SSSR count). The summed E-state index contributed by atoms with van der Waals surface area (Å²) < 4.78 is 5.25. The van der Waals surface area contributed by atoms with Gasteiger partial charge in [-0.25, -0.2) is 4.79 Å². The minimum absolute atomic E-state index is 0.0964. The van der Waals surface area contributed by atoms with Crippen molar-refractivity contribution in [3.05, 3.63) is 54.1 Å². The van der Waals surface area contributed by atoms with Crippen LogP contribution >= 0.6 is 0 Å². The Kier molecular flexibility index (Phi) is 5.25. The second kappa shape index (κ2) is 7.99. The average Bonchev–Trinajstić information content (AvgIpc) is 3.37. The van der Waals surface area contributed by atoms with Crippen molar-refractivity contribution in [2.75, 3.05) is 13.7 Å². The van der Waals surface area contributed by atoms with E-state index >= 15 is 0 Å². The highest BCUT2D eigenvalue weighted by Gasteiger charge is 2.33. The smallest absolute Gasteiger partial charge is 0.326 e. The number of ether oxygens (including phenoxy) is 1. The third-order valence-corrected chi connectivity index (χ3v) is 5.64. The van der Waals surface area contributed by atoms with Gasteiger partial charge in [0, 0.05) is 29.6 Å². The van der Waals surface area contributed by atoms with Gasteiger partial charge in [-0.2, -0.15) is 0 Å². The zero-order valence-corrected chi connectivity index (χ0v) is 16.4. The largest absolute Gasteiger partial charge is 0.497 e. The van der Waals surface area contributed by atoms with Gasteiger partial charge in [0.2, 0.25) is 5.91 Å². The molecule has 2 aromatic carbocycles. The van der Waals surface area contributed by atoms with Gasteiger partial charge in [0.25, 0.3) is 0 Å². The van der Waals surface area contributed by atoms with E-state index in [0.29, 0.717) is 19.4 Å². The monoisotopic (exact) mass is 392 g/mol. The van der Waals surface area contributed by atoms with Gasteiger partial charge in [0.1, 0.15) is 11.8 Å². The number of hydrogen-bond acceptors (Lipinski definition) is 3. The Morgan fingerprint density at radius 1 is 1.17 bits per heavy atom. The van der Waals surface area contributed by atoms with Crippen molar-refractivity contribution in [1.29, 1.82) is 0 Å². The van der Waals surface area contributed by atoms with Crippen LogP contribution < -0.4 is 4.74 Å². The summed E-state index contributed by atoms with van der Waals surface area (Å²) in [4.78, 5) is 29.2. The second-order valence-electron chi connectivity index (χ2n) is 7.34. The van der Waals surface area contributed by atoms with Gasteiger partial charge in [-0.3, -0.25) is 4.79 Å². The molecule has 2 N–H and O–H groups in total. The molecule has 1 unspecified atom stereocenters. The van der Waals surface area contributed by atoms with Gasteiger partial charge < -0.3 is 19.7 Å². The van der Waals surface area contributed by atoms with Gasteiger partial charge in [-0.05, 0) is 60.7 Å². The number of aromatic amines is 1. The fourth-order valence-corrected chi connectivity index (χ4v) is 4.16. The molecule has 2 heterocycles. The lowest BCUT2D eigenvalue weighted by molar-refractivity contribution is -0.148. The zero-order chi connectivity index (χ0) is 20.4. The van der Waals surface area contributed by atoms with Crippen LogP contribution in [0.3, 0.4) is 0 Å². The van der Waals surface area contributed by atoms with Gasteiger partial charge >= 0.3 is 5.97 Å². The van der Waals surface area contributed by atoms with E-state index in [4.69, 9.17) is 4.74 Å². The van der Waals surface area contributed by atoms with Crippen molar-refractivity contribution in [1.82, 2.24) is 9.88 Å². The summed E-state index contributed by atoms with van der Waals surface area (Å²) in [7, 11) is 1.64. The molecule has 0 saturated carbocycles. The molecular formula is C23H24N2O4. The van der Waals surface area contributed by atoms with Crippen LogP contribution in [0.1, 0.15) is 24.8 Å². The number of carboxylic acids is 1. The number of carbonyl (C=O) groups is 2. The number of H-pyrrole nitrogens is 1. The lowest BCUT2D eigenvalue weighted by atomic mass is 10.0. The SMILES string of the molecule is COc1ccc(-c2[nH]c3ccccc3c2CCC(=O)N2CCCC2C(=O)O)cc1. The number of amides is 1. The Morgan fingerprint density at radius 2 is 1.93 bits per heavy atom. The molecule has 6 heteroatoms. The summed E-state index contributed by atoms with van der Waals surface area (Å²) in [5.74, 6) is -0.224. The molecule has 3 aromatic rings. The first-order valence-corrected chi connectivity index (χ1v) is 9.85. The Hall–Kier alpha value is -3.28. The lowest BCUT2D eigenvalue weighted by Crippen LogP contribution is -2.40. The maximum Gasteiger partial charge on any atom is 0.326 e. The number of aliphatic carboxylic acids is 1. The highest BCUT2D eigenvalue weighted by molar-refractivity contribution is 5.92. The summed E-state index contributed by atoms with van der Waals surface area (Å²) in [6.07, 6.45) is 2.11. The van der Waals surface area contributed by atoms with E-state index in [-0.39, 0.29) is 12.3 Å². The van der Waals surface area contributed by atoms with Crippen molar-refractivity contribution in [3.8, 4) is 17.0 Å². The average molecular weight is 392 g/mol. The highest BCUT2D eigenvalue weighted by Crippen LogP contribution is 2.32. The van der Waals surface area contributed by atoms with Crippen molar-refractivity contribution >= 4 is 22.8 Å². The molecule has 0 spiro atoms. The Bertz CT molecular complexity index is 1040. The molecule has 29 heavy (non-hydrogen) atoms. The molecule has 1 fully saturated rings. The van der Waals surface area contributed by atoms with Crippen molar-refractivity contribution in [2.24, 2.45) is 0 Å². The van der Waals surface area contributed by atoms with E-state index in [2.05, 4.69) is 11.1 Å². The van der Waals surface area contributed by atoms with Crippen LogP contribution in [0.4, 0.5) is 0 Å². The van der Waals surface area contributed by atoms with Crippen LogP contribution in [-0.4, -0.2) is 46.6 Å². The van der Waals surface area contributed by atoms with E-state index in [1.807, 2.05) is 42.5 Å². The molecule has 0 radical (unpaired) electrons. The number of para-hydroxylation sites is 1. The summed E-state index contributed by atoms with van der Waals surface area (Å²) in [5, 5.41) is 10.4. The number of aromatic nitrogens is 1.